The third kappa shape index (κ3) is 8.35. The average Bonchev–Trinajstić information content (AvgIpc) is 2.66. The van der Waals surface area contributed by atoms with Gasteiger partial charge < -0.3 is 0 Å². The summed E-state index contributed by atoms with van der Waals surface area (Å²) in [5, 5.41) is 0. The summed E-state index contributed by atoms with van der Waals surface area (Å²) in [5.74, 6) is -0.377. The molecule has 2 rings (SSSR count). The zero-order chi connectivity index (χ0) is 18.5. The minimum atomic E-state index is -0.377. The van der Waals surface area contributed by atoms with Crippen LogP contribution in [-0.2, 0) is 16.2 Å². The molecule has 0 bridgehead atoms. The van der Waals surface area contributed by atoms with E-state index in [9.17, 15) is 4.79 Å². The Hall–Kier alpha value is -1.35. The van der Waals surface area contributed by atoms with Crippen molar-refractivity contribution in [3.63, 3.8) is 0 Å². The summed E-state index contributed by atoms with van der Waals surface area (Å²) < 4.78 is 0. The van der Waals surface area contributed by atoms with Gasteiger partial charge in [0.15, 0.2) is 0 Å². The highest BCUT2D eigenvalue weighted by atomic mass is 17.2. The second-order valence-electron chi connectivity index (χ2n) is 7.65. The van der Waals surface area contributed by atoms with E-state index in [0.29, 0.717) is 5.56 Å². The Labute approximate surface area is 159 Å². The van der Waals surface area contributed by atoms with Crippen molar-refractivity contribution in [2.45, 2.75) is 103 Å². The molecular weight excluding hydrogens is 324 g/mol. The zero-order valence-electron chi connectivity index (χ0n) is 16.5. The molecule has 26 heavy (non-hydrogen) atoms. The molecule has 0 N–H and O–H groups in total. The SMILES string of the molecule is CCCCc1ccc(C(=O)OOC2CCCCCCCCCCC2)cc1. The highest BCUT2D eigenvalue weighted by Crippen LogP contribution is 2.19. The predicted octanol–water partition coefficient (Wildman–Crippen LogP) is 6.79. The van der Waals surface area contributed by atoms with Gasteiger partial charge in [0.1, 0.15) is 6.10 Å². The van der Waals surface area contributed by atoms with Crippen LogP contribution >= 0.6 is 0 Å². The summed E-state index contributed by atoms with van der Waals surface area (Å²) >= 11 is 0. The maximum absolute atomic E-state index is 12.2. The molecular formula is C23H36O3. The van der Waals surface area contributed by atoms with Crippen molar-refractivity contribution in [1.29, 1.82) is 0 Å². The number of hydrogen-bond donors (Lipinski definition) is 0. The predicted molar refractivity (Wildman–Crippen MR) is 106 cm³/mol. The second kappa shape index (κ2) is 12.9. The first-order valence-electron chi connectivity index (χ1n) is 10.8. The van der Waals surface area contributed by atoms with Gasteiger partial charge >= 0.3 is 5.97 Å². The van der Waals surface area contributed by atoms with E-state index in [2.05, 4.69) is 6.92 Å². The van der Waals surface area contributed by atoms with Gasteiger partial charge in [0.2, 0.25) is 0 Å². The van der Waals surface area contributed by atoms with Crippen LogP contribution in [0.15, 0.2) is 24.3 Å². The minimum absolute atomic E-state index is 0.0437. The molecule has 1 aliphatic rings. The van der Waals surface area contributed by atoms with Crippen LogP contribution in [0.25, 0.3) is 0 Å². The topological polar surface area (TPSA) is 35.5 Å². The number of unbranched alkanes of at least 4 members (excludes halogenated alkanes) is 1. The largest absolute Gasteiger partial charge is 0.373 e. The number of carbonyl (C=O) groups excluding carboxylic acids is 1. The monoisotopic (exact) mass is 360 g/mol. The second-order valence-corrected chi connectivity index (χ2v) is 7.65. The van der Waals surface area contributed by atoms with Gasteiger partial charge in [0.25, 0.3) is 0 Å². The maximum Gasteiger partial charge on any atom is 0.373 e. The normalized spacial score (nSPS) is 17.9. The molecule has 0 atom stereocenters. The van der Waals surface area contributed by atoms with Crippen molar-refractivity contribution in [2.75, 3.05) is 0 Å². The summed E-state index contributed by atoms with van der Waals surface area (Å²) in [6, 6.07) is 7.72. The van der Waals surface area contributed by atoms with Gasteiger partial charge in [-0.1, -0.05) is 83.3 Å². The zero-order valence-corrected chi connectivity index (χ0v) is 16.5. The number of rotatable bonds is 6. The van der Waals surface area contributed by atoms with Crippen LogP contribution in [0.3, 0.4) is 0 Å². The fourth-order valence-corrected chi connectivity index (χ4v) is 3.57. The smallest absolute Gasteiger partial charge is 0.293 e. The summed E-state index contributed by atoms with van der Waals surface area (Å²) in [5.41, 5.74) is 1.84. The summed E-state index contributed by atoms with van der Waals surface area (Å²) in [6.45, 7) is 2.19. The van der Waals surface area contributed by atoms with Crippen LogP contribution in [0.1, 0.15) is 106 Å². The Morgan fingerprint density at radius 1 is 0.885 bits per heavy atom. The van der Waals surface area contributed by atoms with E-state index < -0.39 is 0 Å². The highest BCUT2D eigenvalue weighted by molar-refractivity contribution is 5.88. The van der Waals surface area contributed by atoms with E-state index in [1.54, 1.807) is 0 Å². The molecule has 0 amide bonds. The van der Waals surface area contributed by atoms with Gasteiger partial charge in [-0.05, 0) is 43.4 Å². The summed E-state index contributed by atoms with van der Waals surface area (Å²) in [4.78, 5) is 23.0. The fourth-order valence-electron chi connectivity index (χ4n) is 3.57. The molecule has 0 saturated heterocycles. The summed E-state index contributed by atoms with van der Waals surface area (Å²) in [7, 11) is 0. The van der Waals surface area contributed by atoms with Gasteiger partial charge in [-0.15, -0.1) is 0 Å². The molecule has 146 valence electrons. The average molecular weight is 361 g/mol. The van der Waals surface area contributed by atoms with Gasteiger partial charge in [0, 0.05) is 0 Å². The van der Waals surface area contributed by atoms with E-state index in [1.807, 2.05) is 24.3 Å². The lowest BCUT2D eigenvalue weighted by molar-refractivity contribution is -0.277. The maximum atomic E-state index is 12.2. The molecule has 1 fully saturated rings. The van der Waals surface area contributed by atoms with E-state index in [0.717, 1.165) is 32.1 Å². The van der Waals surface area contributed by atoms with E-state index in [-0.39, 0.29) is 12.1 Å². The van der Waals surface area contributed by atoms with Crippen molar-refractivity contribution in [2.24, 2.45) is 0 Å². The Bertz CT molecular complexity index is 483. The third-order valence-electron chi connectivity index (χ3n) is 5.32. The molecule has 3 nitrogen and oxygen atoms in total. The molecule has 1 saturated carbocycles. The number of carbonyl (C=O) groups is 1. The van der Waals surface area contributed by atoms with Gasteiger partial charge in [-0.2, -0.15) is 4.89 Å². The van der Waals surface area contributed by atoms with Gasteiger partial charge in [-0.3, -0.25) is 4.89 Å². The van der Waals surface area contributed by atoms with Gasteiger partial charge in [0.05, 0.1) is 5.56 Å². The Kier molecular flexibility index (Phi) is 10.4. The molecule has 3 heteroatoms. The first-order chi connectivity index (χ1) is 12.8. The Balaban J connectivity index is 1.77. The third-order valence-corrected chi connectivity index (χ3v) is 5.32. The Morgan fingerprint density at radius 2 is 1.42 bits per heavy atom. The van der Waals surface area contributed by atoms with E-state index >= 15 is 0 Å². The molecule has 0 aliphatic heterocycles. The first kappa shape index (κ1) is 21.0. The van der Waals surface area contributed by atoms with Crippen molar-refractivity contribution in [3.05, 3.63) is 35.4 Å². The molecule has 1 aliphatic carbocycles. The van der Waals surface area contributed by atoms with Crippen molar-refractivity contribution in [1.82, 2.24) is 0 Å². The quantitative estimate of drug-likeness (QED) is 0.414. The number of benzene rings is 1. The lowest BCUT2D eigenvalue weighted by atomic mass is 9.99. The fraction of sp³-hybridized carbons (Fsp3) is 0.696. The van der Waals surface area contributed by atoms with Crippen LogP contribution < -0.4 is 0 Å². The number of hydrogen-bond acceptors (Lipinski definition) is 3. The van der Waals surface area contributed by atoms with Crippen molar-refractivity contribution in [3.8, 4) is 0 Å². The van der Waals surface area contributed by atoms with Crippen LogP contribution in [0.4, 0.5) is 0 Å². The van der Waals surface area contributed by atoms with Crippen LogP contribution in [0.5, 0.6) is 0 Å². The summed E-state index contributed by atoms with van der Waals surface area (Å²) in [6.07, 6.45) is 17.0. The molecule has 0 heterocycles. The lowest BCUT2D eigenvalue weighted by Crippen LogP contribution is -2.17. The molecule has 0 spiro atoms. The van der Waals surface area contributed by atoms with E-state index in [1.165, 1.54) is 63.4 Å². The molecule has 0 aromatic heterocycles. The van der Waals surface area contributed by atoms with Crippen LogP contribution in [-0.4, -0.2) is 12.1 Å². The molecule has 0 unspecified atom stereocenters. The van der Waals surface area contributed by atoms with Crippen LogP contribution in [0.2, 0.25) is 0 Å². The molecule has 1 aromatic rings. The standard InChI is InChI=1S/C23H36O3/c1-2-3-13-20-16-18-21(19-17-20)23(24)26-25-22-14-11-9-7-5-4-6-8-10-12-15-22/h16-19,22H,2-15H2,1H3. The van der Waals surface area contributed by atoms with Gasteiger partial charge in [-0.25, -0.2) is 4.79 Å². The van der Waals surface area contributed by atoms with Crippen LogP contribution in [0, 0.1) is 0 Å². The highest BCUT2D eigenvalue weighted by Gasteiger charge is 2.15. The number of aryl methyl sites for hydroxylation is 1. The lowest BCUT2D eigenvalue weighted by Gasteiger charge is -2.17. The Morgan fingerprint density at radius 3 is 1.96 bits per heavy atom. The van der Waals surface area contributed by atoms with Crippen molar-refractivity contribution >= 4 is 5.97 Å². The first-order valence-corrected chi connectivity index (χ1v) is 10.8. The minimum Gasteiger partial charge on any atom is -0.293 e. The molecule has 1 aromatic carbocycles. The van der Waals surface area contributed by atoms with E-state index in [4.69, 9.17) is 9.78 Å². The van der Waals surface area contributed by atoms with Crippen molar-refractivity contribution < 1.29 is 14.6 Å². The molecule has 0 radical (unpaired) electrons.